The molecule has 1 amide bonds. The molecule has 2 heterocycles. The minimum Gasteiger partial charge on any atom is -0.339 e. The van der Waals surface area contributed by atoms with E-state index in [1.807, 2.05) is 0 Å². The molecule has 2 aromatic carbocycles. The molecule has 0 unspecified atom stereocenters. The number of H-pyrrole nitrogens is 1. The molecule has 1 saturated heterocycles. The first-order chi connectivity index (χ1) is 15.6. The molecule has 0 spiro atoms. The third kappa shape index (κ3) is 5.03. The molecule has 1 aliphatic heterocycles. The summed E-state index contributed by atoms with van der Waals surface area (Å²) < 4.78 is 67.3. The Balaban J connectivity index is 1.42. The quantitative estimate of drug-likeness (QED) is 0.579. The van der Waals surface area contributed by atoms with Crippen molar-refractivity contribution in [3.8, 4) is 11.4 Å². The number of benzene rings is 2. The highest BCUT2D eigenvalue weighted by atomic mass is 32.2. The number of nitrogens with one attached hydrogen (secondary N) is 2. The van der Waals surface area contributed by atoms with E-state index in [0.29, 0.717) is 17.0 Å². The van der Waals surface area contributed by atoms with Crippen molar-refractivity contribution >= 4 is 15.9 Å². The minimum atomic E-state index is -4.79. The van der Waals surface area contributed by atoms with Gasteiger partial charge in [-0.15, -0.1) is 10.2 Å². The van der Waals surface area contributed by atoms with Crippen LogP contribution in [0.2, 0.25) is 0 Å². The number of halogens is 3. The second-order valence-electron chi connectivity index (χ2n) is 7.50. The highest BCUT2D eigenvalue weighted by Gasteiger charge is 2.37. The highest BCUT2D eigenvalue weighted by molar-refractivity contribution is 7.89. The van der Waals surface area contributed by atoms with Gasteiger partial charge in [0.2, 0.25) is 15.8 Å². The van der Waals surface area contributed by atoms with E-state index in [2.05, 4.69) is 25.3 Å². The van der Waals surface area contributed by atoms with Crippen molar-refractivity contribution in [1.82, 2.24) is 30.2 Å². The normalized spacial score (nSPS) is 15.5. The van der Waals surface area contributed by atoms with Gasteiger partial charge in [-0.25, -0.2) is 13.1 Å². The molecule has 0 aliphatic carbocycles. The van der Waals surface area contributed by atoms with Gasteiger partial charge in [-0.05, 0) is 42.3 Å². The Morgan fingerprint density at radius 2 is 1.82 bits per heavy atom. The number of nitrogens with zero attached hydrogens (tertiary/aromatic N) is 4. The number of carbonyl (C=O) groups excluding carboxylic acids is 1. The molecule has 2 N–H and O–H groups in total. The van der Waals surface area contributed by atoms with Gasteiger partial charge in [-0.2, -0.15) is 18.4 Å². The lowest BCUT2D eigenvalue weighted by molar-refractivity contribution is -0.139. The van der Waals surface area contributed by atoms with E-state index >= 15 is 0 Å². The molecule has 0 radical (unpaired) electrons. The number of likely N-dealkylation sites (tertiary alicyclic amines) is 1. The number of sulfonamides is 1. The maximum atomic E-state index is 13.2. The molecule has 174 valence electrons. The zero-order valence-electron chi connectivity index (χ0n) is 17.1. The van der Waals surface area contributed by atoms with E-state index in [0.717, 1.165) is 18.2 Å². The number of tetrazole rings is 1. The van der Waals surface area contributed by atoms with E-state index in [-0.39, 0.29) is 31.8 Å². The van der Waals surface area contributed by atoms with Crippen LogP contribution >= 0.6 is 0 Å². The first-order valence-electron chi connectivity index (χ1n) is 9.97. The van der Waals surface area contributed by atoms with Crippen LogP contribution in [0, 0.1) is 0 Å². The summed E-state index contributed by atoms with van der Waals surface area (Å²) in [5.74, 6) is 0.0981. The van der Waals surface area contributed by atoms with Crippen molar-refractivity contribution in [2.75, 3.05) is 13.1 Å². The summed E-state index contributed by atoms with van der Waals surface area (Å²) in [6.07, 6.45) is -4.26. The van der Waals surface area contributed by atoms with E-state index in [4.69, 9.17) is 0 Å². The van der Waals surface area contributed by atoms with Gasteiger partial charge in [0.05, 0.1) is 10.5 Å². The number of hydrogen-bond donors (Lipinski definition) is 2. The first-order valence-corrected chi connectivity index (χ1v) is 11.5. The molecule has 0 bridgehead atoms. The molecule has 33 heavy (non-hydrogen) atoms. The molecule has 1 aromatic heterocycles. The zero-order chi connectivity index (χ0) is 23.6. The fourth-order valence-corrected chi connectivity index (χ4v) is 5.21. The zero-order valence-corrected chi connectivity index (χ0v) is 17.9. The number of rotatable bonds is 5. The van der Waals surface area contributed by atoms with E-state index in [1.165, 1.54) is 6.07 Å². The van der Waals surface area contributed by atoms with Crippen LogP contribution in [0.4, 0.5) is 13.2 Å². The van der Waals surface area contributed by atoms with Crippen LogP contribution < -0.4 is 4.72 Å². The summed E-state index contributed by atoms with van der Waals surface area (Å²) in [5, 5.41) is 13.6. The molecule has 9 nitrogen and oxygen atoms in total. The Bertz CT molecular complexity index is 1240. The topological polar surface area (TPSA) is 121 Å². The Labute approximate surface area is 187 Å². The van der Waals surface area contributed by atoms with Crippen LogP contribution in [-0.2, 0) is 16.2 Å². The predicted molar refractivity (Wildman–Crippen MR) is 110 cm³/mol. The lowest BCUT2D eigenvalue weighted by Crippen LogP contribution is -2.46. The minimum absolute atomic E-state index is 0.246. The van der Waals surface area contributed by atoms with E-state index in [1.54, 1.807) is 29.2 Å². The lowest BCUT2D eigenvalue weighted by Gasteiger charge is -2.32. The summed E-state index contributed by atoms with van der Waals surface area (Å²) in [7, 11) is -4.39. The van der Waals surface area contributed by atoms with Crippen molar-refractivity contribution in [2.45, 2.75) is 30.0 Å². The molecule has 13 heteroatoms. The van der Waals surface area contributed by atoms with Gasteiger partial charge in [-0.3, -0.25) is 4.79 Å². The summed E-state index contributed by atoms with van der Waals surface area (Å²) in [4.78, 5) is 13.7. The van der Waals surface area contributed by atoms with Gasteiger partial charge in [0.25, 0.3) is 5.91 Å². The second kappa shape index (κ2) is 8.90. The van der Waals surface area contributed by atoms with Gasteiger partial charge < -0.3 is 4.90 Å². The molecular weight excluding hydrogens is 461 g/mol. The first kappa shape index (κ1) is 22.9. The molecular formula is C20H19F3N6O3S. The summed E-state index contributed by atoms with van der Waals surface area (Å²) in [5.41, 5.74) is -0.192. The fraction of sp³-hybridized carbons (Fsp3) is 0.300. The third-order valence-electron chi connectivity index (χ3n) is 5.30. The van der Waals surface area contributed by atoms with Crippen molar-refractivity contribution in [2.24, 2.45) is 0 Å². The maximum absolute atomic E-state index is 13.2. The lowest BCUT2D eigenvalue weighted by atomic mass is 10.0. The monoisotopic (exact) mass is 480 g/mol. The van der Waals surface area contributed by atoms with Crippen molar-refractivity contribution in [3.05, 3.63) is 59.7 Å². The SMILES string of the molecule is O=C(c1cccc(-c2nn[nH]n2)c1)N1CCC(NS(=O)(=O)c2ccccc2C(F)(F)F)CC1. The maximum Gasteiger partial charge on any atom is 0.417 e. The van der Waals surface area contributed by atoms with Crippen molar-refractivity contribution in [3.63, 3.8) is 0 Å². The smallest absolute Gasteiger partial charge is 0.339 e. The highest BCUT2D eigenvalue weighted by Crippen LogP contribution is 2.34. The summed E-state index contributed by atoms with van der Waals surface area (Å²) in [6.45, 7) is 0.499. The molecule has 0 atom stereocenters. The van der Waals surface area contributed by atoms with Gasteiger partial charge >= 0.3 is 6.18 Å². The Morgan fingerprint density at radius 1 is 1.09 bits per heavy atom. The molecule has 3 aromatic rings. The number of alkyl halides is 3. The predicted octanol–water partition coefficient (Wildman–Crippen LogP) is 2.47. The van der Waals surface area contributed by atoms with Crippen LogP contribution in [0.15, 0.2) is 53.4 Å². The number of carbonyl (C=O) groups is 1. The van der Waals surface area contributed by atoms with E-state index < -0.39 is 32.7 Å². The average Bonchev–Trinajstić information content (AvgIpc) is 3.34. The number of piperidine rings is 1. The van der Waals surface area contributed by atoms with Crippen LogP contribution in [0.1, 0.15) is 28.8 Å². The third-order valence-corrected chi connectivity index (χ3v) is 6.88. The molecule has 0 saturated carbocycles. The van der Waals surface area contributed by atoms with Gasteiger partial charge in [0.15, 0.2) is 0 Å². The van der Waals surface area contributed by atoms with Crippen LogP contribution in [0.5, 0.6) is 0 Å². The number of aromatic amines is 1. The Hall–Kier alpha value is -3.32. The van der Waals surface area contributed by atoms with Crippen LogP contribution in [-0.4, -0.2) is 59.0 Å². The molecule has 1 fully saturated rings. The largest absolute Gasteiger partial charge is 0.417 e. The van der Waals surface area contributed by atoms with Crippen molar-refractivity contribution < 1.29 is 26.4 Å². The van der Waals surface area contributed by atoms with Gasteiger partial charge in [-0.1, -0.05) is 24.3 Å². The average molecular weight is 480 g/mol. The fourth-order valence-electron chi connectivity index (χ4n) is 3.68. The van der Waals surface area contributed by atoms with Crippen LogP contribution in [0.3, 0.4) is 0 Å². The standard InChI is InChI=1S/C20H19F3N6O3S/c21-20(22,23)16-6-1-2-7-17(16)33(31,32)26-15-8-10-29(11-9-15)19(30)14-5-3-4-13(12-14)18-24-27-28-25-18/h1-7,12,15,26H,8-11H2,(H,24,25,27,28). The molecule has 4 rings (SSSR count). The van der Waals surface area contributed by atoms with Gasteiger partial charge in [0, 0.05) is 30.3 Å². The van der Waals surface area contributed by atoms with Crippen LogP contribution in [0.25, 0.3) is 11.4 Å². The number of hydrogen-bond acceptors (Lipinski definition) is 6. The van der Waals surface area contributed by atoms with Crippen molar-refractivity contribution in [1.29, 1.82) is 0 Å². The molecule has 1 aliphatic rings. The Kier molecular flexibility index (Phi) is 6.17. The van der Waals surface area contributed by atoms with E-state index in [9.17, 15) is 26.4 Å². The summed E-state index contributed by atoms with van der Waals surface area (Å²) >= 11 is 0. The Morgan fingerprint density at radius 3 is 2.48 bits per heavy atom. The number of aromatic nitrogens is 4. The summed E-state index contributed by atoms with van der Waals surface area (Å²) in [6, 6.07) is 10.2. The number of amides is 1. The second-order valence-corrected chi connectivity index (χ2v) is 9.18. The van der Waals surface area contributed by atoms with Gasteiger partial charge in [0.1, 0.15) is 0 Å².